The minimum atomic E-state index is -0.252. The molecule has 6 heteroatoms. The van der Waals surface area contributed by atoms with Crippen LogP contribution in [-0.4, -0.2) is 28.3 Å². The Morgan fingerprint density at radius 2 is 2.00 bits per heavy atom. The van der Waals surface area contributed by atoms with E-state index in [1.165, 1.54) is 0 Å². The van der Waals surface area contributed by atoms with E-state index in [1.807, 2.05) is 23.0 Å². The van der Waals surface area contributed by atoms with E-state index in [4.69, 9.17) is 5.26 Å². The van der Waals surface area contributed by atoms with Crippen molar-refractivity contribution in [2.24, 2.45) is 0 Å². The Labute approximate surface area is 141 Å². The van der Waals surface area contributed by atoms with Crippen LogP contribution in [0.15, 0.2) is 36.7 Å². The normalized spacial score (nSPS) is 17.8. The standard InChI is InChI=1S/C18H21N5O/c1-18(2,3)23-12-14(11-20-23)21-16-8-9-22(17(16)24)15-6-4-13(10-19)5-7-15/h4-7,11-12,16,21H,8-9H2,1-3H3/t16-/m0/s1. The van der Waals surface area contributed by atoms with Gasteiger partial charge in [-0.15, -0.1) is 0 Å². The first kappa shape index (κ1) is 16.1. The quantitative estimate of drug-likeness (QED) is 0.942. The number of amides is 1. The molecule has 124 valence electrons. The van der Waals surface area contributed by atoms with Gasteiger partial charge in [-0.05, 0) is 51.5 Å². The van der Waals surface area contributed by atoms with Crippen LogP contribution in [0.1, 0.15) is 32.8 Å². The Bertz CT molecular complexity index is 779. The molecule has 1 aromatic carbocycles. The van der Waals surface area contributed by atoms with Gasteiger partial charge in [-0.3, -0.25) is 9.48 Å². The highest BCUT2D eigenvalue weighted by atomic mass is 16.2. The molecule has 3 rings (SSSR count). The van der Waals surface area contributed by atoms with Gasteiger partial charge in [0, 0.05) is 18.4 Å². The molecule has 0 unspecified atom stereocenters. The Kier molecular flexibility index (Phi) is 4.02. The summed E-state index contributed by atoms with van der Waals surface area (Å²) in [5, 5.41) is 16.5. The van der Waals surface area contributed by atoms with Gasteiger partial charge in [0.15, 0.2) is 0 Å². The van der Waals surface area contributed by atoms with Crippen LogP contribution < -0.4 is 10.2 Å². The second kappa shape index (κ2) is 6.00. The fraction of sp³-hybridized carbons (Fsp3) is 0.389. The fourth-order valence-corrected chi connectivity index (χ4v) is 2.75. The molecule has 2 aromatic rings. The third-order valence-electron chi connectivity index (χ3n) is 4.12. The Hall–Kier alpha value is -2.81. The van der Waals surface area contributed by atoms with E-state index in [0.717, 1.165) is 17.8 Å². The molecular weight excluding hydrogens is 302 g/mol. The van der Waals surface area contributed by atoms with Crippen LogP contribution in [0, 0.1) is 11.3 Å². The second-order valence-corrected chi connectivity index (χ2v) is 6.98. The Morgan fingerprint density at radius 3 is 2.58 bits per heavy atom. The highest BCUT2D eigenvalue weighted by Gasteiger charge is 2.32. The molecule has 0 spiro atoms. The van der Waals surface area contributed by atoms with Crippen molar-refractivity contribution in [2.75, 3.05) is 16.8 Å². The lowest BCUT2D eigenvalue weighted by molar-refractivity contribution is -0.117. The molecule has 0 aliphatic carbocycles. The molecule has 24 heavy (non-hydrogen) atoms. The van der Waals surface area contributed by atoms with Crippen molar-refractivity contribution < 1.29 is 4.79 Å². The minimum absolute atomic E-state index is 0.0446. The first-order valence-electron chi connectivity index (χ1n) is 8.02. The summed E-state index contributed by atoms with van der Waals surface area (Å²) in [7, 11) is 0. The smallest absolute Gasteiger partial charge is 0.249 e. The average Bonchev–Trinajstić information content (AvgIpc) is 3.16. The molecule has 2 heterocycles. The van der Waals surface area contributed by atoms with Gasteiger partial charge in [0.2, 0.25) is 5.91 Å². The summed E-state index contributed by atoms with van der Waals surface area (Å²) in [6.07, 6.45) is 4.42. The highest BCUT2D eigenvalue weighted by Crippen LogP contribution is 2.24. The number of hydrogen-bond donors (Lipinski definition) is 1. The van der Waals surface area contributed by atoms with Crippen LogP contribution in [0.3, 0.4) is 0 Å². The van der Waals surface area contributed by atoms with Gasteiger partial charge in [-0.1, -0.05) is 0 Å². The molecule has 1 aliphatic heterocycles. The number of nitriles is 1. The molecular formula is C18H21N5O. The van der Waals surface area contributed by atoms with Crippen LogP contribution in [0.2, 0.25) is 0 Å². The Morgan fingerprint density at radius 1 is 1.29 bits per heavy atom. The van der Waals surface area contributed by atoms with Gasteiger partial charge in [0.05, 0.1) is 29.1 Å². The van der Waals surface area contributed by atoms with Crippen LogP contribution in [0.4, 0.5) is 11.4 Å². The minimum Gasteiger partial charge on any atom is -0.371 e. The van der Waals surface area contributed by atoms with Gasteiger partial charge in [-0.2, -0.15) is 10.4 Å². The van der Waals surface area contributed by atoms with Crippen LogP contribution >= 0.6 is 0 Å². The van der Waals surface area contributed by atoms with E-state index < -0.39 is 0 Å². The van der Waals surface area contributed by atoms with Crippen molar-refractivity contribution in [3.63, 3.8) is 0 Å². The molecule has 1 aromatic heterocycles. The van der Waals surface area contributed by atoms with Crippen molar-refractivity contribution in [3.05, 3.63) is 42.2 Å². The maximum Gasteiger partial charge on any atom is 0.249 e. The highest BCUT2D eigenvalue weighted by molar-refractivity contribution is 6.01. The lowest BCUT2D eigenvalue weighted by Crippen LogP contribution is -2.33. The molecule has 1 aliphatic rings. The van der Waals surface area contributed by atoms with Gasteiger partial charge >= 0.3 is 0 Å². The fourth-order valence-electron chi connectivity index (χ4n) is 2.75. The topological polar surface area (TPSA) is 74.0 Å². The number of nitrogens with zero attached hydrogens (tertiary/aromatic N) is 4. The van der Waals surface area contributed by atoms with Crippen molar-refractivity contribution in [2.45, 2.75) is 38.8 Å². The maximum absolute atomic E-state index is 12.6. The van der Waals surface area contributed by atoms with E-state index in [-0.39, 0.29) is 17.5 Å². The maximum atomic E-state index is 12.6. The summed E-state index contributed by atoms with van der Waals surface area (Å²) in [5.74, 6) is 0.0446. The zero-order valence-corrected chi connectivity index (χ0v) is 14.2. The third-order valence-corrected chi connectivity index (χ3v) is 4.12. The van der Waals surface area contributed by atoms with Gasteiger partial charge in [0.1, 0.15) is 6.04 Å². The molecule has 0 radical (unpaired) electrons. The van der Waals surface area contributed by atoms with E-state index in [1.54, 1.807) is 23.2 Å². The summed E-state index contributed by atoms with van der Waals surface area (Å²) in [5.41, 5.74) is 2.18. The van der Waals surface area contributed by atoms with E-state index in [2.05, 4.69) is 37.3 Å². The molecule has 0 saturated carbocycles. The number of anilines is 2. The van der Waals surface area contributed by atoms with Crippen molar-refractivity contribution >= 4 is 17.3 Å². The number of hydrogen-bond acceptors (Lipinski definition) is 4. The van der Waals surface area contributed by atoms with Gasteiger partial charge in [0.25, 0.3) is 0 Å². The molecule has 1 N–H and O–H groups in total. The summed E-state index contributed by atoms with van der Waals surface area (Å²) in [6.45, 7) is 6.90. The monoisotopic (exact) mass is 323 g/mol. The molecule has 1 atom stereocenters. The lowest BCUT2D eigenvalue weighted by atomic mass is 10.1. The van der Waals surface area contributed by atoms with E-state index >= 15 is 0 Å². The third kappa shape index (κ3) is 3.11. The zero-order valence-electron chi connectivity index (χ0n) is 14.2. The first-order valence-corrected chi connectivity index (χ1v) is 8.02. The SMILES string of the molecule is CC(C)(C)n1cc(N[C@H]2CCN(c3ccc(C#N)cc3)C2=O)cn1. The number of benzene rings is 1. The Balaban J connectivity index is 1.70. The van der Waals surface area contributed by atoms with Crippen LogP contribution in [-0.2, 0) is 10.3 Å². The number of aromatic nitrogens is 2. The number of rotatable bonds is 3. The molecule has 1 amide bonds. The first-order chi connectivity index (χ1) is 11.4. The summed E-state index contributed by atoms with van der Waals surface area (Å²) in [4.78, 5) is 14.4. The molecule has 1 fully saturated rings. The number of carbonyl (C=O) groups is 1. The van der Waals surface area contributed by atoms with E-state index in [9.17, 15) is 4.79 Å². The molecule has 6 nitrogen and oxygen atoms in total. The predicted molar refractivity (Wildman–Crippen MR) is 92.8 cm³/mol. The van der Waals surface area contributed by atoms with Crippen LogP contribution in [0.5, 0.6) is 0 Å². The number of carbonyl (C=O) groups excluding carboxylic acids is 1. The summed E-state index contributed by atoms with van der Waals surface area (Å²) < 4.78 is 1.88. The summed E-state index contributed by atoms with van der Waals surface area (Å²) in [6, 6.07) is 8.93. The summed E-state index contributed by atoms with van der Waals surface area (Å²) >= 11 is 0. The molecule has 1 saturated heterocycles. The second-order valence-electron chi connectivity index (χ2n) is 6.98. The molecule has 0 bridgehead atoms. The van der Waals surface area contributed by atoms with Crippen molar-refractivity contribution in [1.29, 1.82) is 5.26 Å². The number of nitrogens with one attached hydrogen (secondary N) is 1. The van der Waals surface area contributed by atoms with Crippen LogP contribution in [0.25, 0.3) is 0 Å². The largest absolute Gasteiger partial charge is 0.371 e. The van der Waals surface area contributed by atoms with Crippen molar-refractivity contribution in [1.82, 2.24) is 9.78 Å². The predicted octanol–water partition coefficient (Wildman–Crippen LogP) is 2.73. The van der Waals surface area contributed by atoms with Gasteiger partial charge < -0.3 is 10.2 Å². The van der Waals surface area contributed by atoms with Crippen molar-refractivity contribution in [3.8, 4) is 6.07 Å². The zero-order chi connectivity index (χ0) is 17.3. The lowest BCUT2D eigenvalue weighted by Gasteiger charge is -2.19. The van der Waals surface area contributed by atoms with Gasteiger partial charge in [-0.25, -0.2) is 0 Å². The average molecular weight is 323 g/mol. The van der Waals surface area contributed by atoms with E-state index in [0.29, 0.717) is 12.1 Å².